The largest absolute Gasteiger partial charge is 0.390 e. The second kappa shape index (κ2) is 7.65. The maximum Gasteiger partial charge on any atom is 0.327 e. The van der Waals surface area contributed by atoms with Gasteiger partial charge in [0, 0.05) is 14.0 Å². The van der Waals surface area contributed by atoms with Gasteiger partial charge in [0.05, 0.1) is 18.2 Å². The lowest BCUT2D eigenvalue weighted by Crippen LogP contribution is -2.55. The Balaban J connectivity index is 2.42. The number of urea groups is 1. The molecule has 0 saturated carbocycles. The van der Waals surface area contributed by atoms with E-state index in [1.54, 1.807) is 14.0 Å². The van der Waals surface area contributed by atoms with Gasteiger partial charge >= 0.3 is 6.03 Å². The zero-order valence-electron chi connectivity index (χ0n) is 15.0. The Morgan fingerprint density at radius 3 is 2.40 bits per heavy atom. The number of nitrogens with one attached hydrogen (secondary N) is 1. The number of carbonyl (C=O) groups excluding carboxylic acids is 3. The lowest BCUT2D eigenvalue weighted by molar-refractivity contribution is -0.137. The summed E-state index contributed by atoms with van der Waals surface area (Å²) in [5, 5.41) is 12.7. The van der Waals surface area contributed by atoms with E-state index in [9.17, 15) is 19.5 Å². The summed E-state index contributed by atoms with van der Waals surface area (Å²) in [5.74, 6) is -1.03. The van der Waals surface area contributed by atoms with Crippen LogP contribution in [0.4, 0.5) is 4.79 Å². The number of rotatable bonds is 5. The highest BCUT2D eigenvalue weighted by Crippen LogP contribution is 2.35. The van der Waals surface area contributed by atoms with Gasteiger partial charge in [-0.05, 0) is 18.9 Å². The molecule has 4 atom stereocenters. The van der Waals surface area contributed by atoms with Gasteiger partial charge in [0.25, 0.3) is 5.91 Å². The molecule has 0 aliphatic carbocycles. The maximum atomic E-state index is 13.1. The Labute approximate surface area is 147 Å². The molecule has 1 aromatic carbocycles. The van der Waals surface area contributed by atoms with Crippen LogP contribution in [-0.2, 0) is 9.59 Å². The average molecular weight is 347 g/mol. The molecule has 25 heavy (non-hydrogen) atoms. The van der Waals surface area contributed by atoms with Crippen molar-refractivity contribution in [3.63, 3.8) is 0 Å². The molecule has 0 aromatic heterocycles. The van der Waals surface area contributed by atoms with Gasteiger partial charge in [-0.25, -0.2) is 4.79 Å². The highest BCUT2D eigenvalue weighted by atomic mass is 16.3. The van der Waals surface area contributed by atoms with Crippen molar-refractivity contribution in [2.75, 3.05) is 7.05 Å². The fraction of sp³-hybridized carbons (Fsp3) is 0.500. The zero-order chi connectivity index (χ0) is 18.7. The number of benzene rings is 1. The molecule has 1 saturated heterocycles. The first-order chi connectivity index (χ1) is 11.8. The monoisotopic (exact) mass is 347 g/mol. The predicted molar refractivity (Wildman–Crippen MR) is 92.6 cm³/mol. The summed E-state index contributed by atoms with van der Waals surface area (Å²) in [6.45, 7) is 4.85. The molecule has 0 bridgehead atoms. The molecular formula is C18H25N3O4. The van der Waals surface area contributed by atoms with Gasteiger partial charge in [0.15, 0.2) is 0 Å². The van der Waals surface area contributed by atoms with E-state index in [2.05, 4.69) is 5.32 Å². The molecule has 1 aromatic rings. The number of likely N-dealkylation sites (N-methyl/N-ethyl adjacent to an activating group) is 1. The van der Waals surface area contributed by atoms with Crippen LogP contribution < -0.4 is 5.32 Å². The molecule has 1 aliphatic rings. The Bertz CT molecular complexity index is 649. The van der Waals surface area contributed by atoms with Crippen molar-refractivity contribution in [3.05, 3.63) is 35.9 Å². The lowest BCUT2D eigenvalue weighted by Gasteiger charge is -2.29. The Morgan fingerprint density at radius 1 is 1.28 bits per heavy atom. The summed E-state index contributed by atoms with van der Waals surface area (Å²) in [6, 6.07) is 6.97. The smallest absolute Gasteiger partial charge is 0.327 e. The van der Waals surface area contributed by atoms with Crippen molar-refractivity contribution >= 4 is 17.8 Å². The molecular weight excluding hydrogens is 322 g/mol. The summed E-state index contributed by atoms with van der Waals surface area (Å²) in [7, 11) is 1.64. The van der Waals surface area contributed by atoms with Crippen LogP contribution in [0, 0.1) is 0 Å². The van der Waals surface area contributed by atoms with Crippen LogP contribution in [0.15, 0.2) is 30.3 Å². The molecule has 7 heteroatoms. The van der Waals surface area contributed by atoms with Crippen LogP contribution in [0.2, 0.25) is 0 Å². The predicted octanol–water partition coefficient (Wildman–Crippen LogP) is 1.29. The fourth-order valence-electron chi connectivity index (χ4n) is 3.13. The van der Waals surface area contributed by atoms with Crippen LogP contribution >= 0.6 is 0 Å². The van der Waals surface area contributed by atoms with Crippen molar-refractivity contribution in [1.82, 2.24) is 15.1 Å². The van der Waals surface area contributed by atoms with Crippen molar-refractivity contribution in [2.45, 2.75) is 51.4 Å². The van der Waals surface area contributed by atoms with Crippen LogP contribution in [0.25, 0.3) is 0 Å². The van der Waals surface area contributed by atoms with E-state index >= 15 is 0 Å². The molecule has 4 amide bonds. The summed E-state index contributed by atoms with van der Waals surface area (Å²) in [5.41, 5.74) is 0.827. The van der Waals surface area contributed by atoms with E-state index in [0.717, 1.165) is 10.5 Å². The van der Waals surface area contributed by atoms with Crippen LogP contribution in [-0.4, -0.2) is 58.0 Å². The topological polar surface area (TPSA) is 90.0 Å². The maximum absolute atomic E-state index is 13.1. The summed E-state index contributed by atoms with van der Waals surface area (Å²) in [4.78, 5) is 39.9. The fourth-order valence-corrected chi connectivity index (χ4v) is 3.13. The third-order valence-electron chi connectivity index (χ3n) is 4.66. The number of hydrogen-bond acceptors (Lipinski definition) is 4. The molecule has 1 aliphatic heterocycles. The summed E-state index contributed by atoms with van der Waals surface area (Å²) in [6.07, 6.45) is -0.790. The summed E-state index contributed by atoms with van der Waals surface area (Å²) >= 11 is 0. The normalized spacial score (nSPS) is 22.7. The number of nitrogens with zero attached hydrogens (tertiary/aromatic N) is 2. The van der Waals surface area contributed by atoms with E-state index in [1.165, 1.54) is 11.8 Å². The van der Waals surface area contributed by atoms with Gasteiger partial charge < -0.3 is 15.3 Å². The highest BCUT2D eigenvalue weighted by molar-refractivity contribution is 6.00. The standard InChI is InChI=1S/C18H25N3O4/c1-5-14(23)15(19-12(3)22)17(24)21-16(11(2)20(4)18(21)25)13-9-7-6-8-10-13/h6-11,14-16,23H,5H2,1-4H3,(H,19,22)/t11-,14-,15+,16-/m0/s1. The number of aliphatic hydroxyl groups is 1. The second-order valence-electron chi connectivity index (χ2n) is 6.35. The van der Waals surface area contributed by atoms with Gasteiger partial charge in [-0.3, -0.25) is 14.5 Å². The molecule has 7 nitrogen and oxygen atoms in total. The molecule has 1 fully saturated rings. The number of carbonyl (C=O) groups is 3. The number of amides is 4. The van der Waals surface area contributed by atoms with Crippen molar-refractivity contribution in [3.8, 4) is 0 Å². The van der Waals surface area contributed by atoms with E-state index in [4.69, 9.17) is 0 Å². The Hall–Kier alpha value is -2.41. The lowest BCUT2D eigenvalue weighted by atomic mass is 9.98. The van der Waals surface area contributed by atoms with Crippen LogP contribution in [0.3, 0.4) is 0 Å². The van der Waals surface area contributed by atoms with E-state index in [0.29, 0.717) is 0 Å². The molecule has 0 spiro atoms. The minimum atomic E-state index is -1.16. The molecule has 1 heterocycles. The first-order valence-electron chi connectivity index (χ1n) is 8.39. The molecule has 0 unspecified atom stereocenters. The number of aliphatic hydroxyl groups excluding tert-OH is 1. The Morgan fingerprint density at radius 2 is 1.88 bits per heavy atom. The number of hydrogen-bond donors (Lipinski definition) is 2. The quantitative estimate of drug-likeness (QED) is 0.840. The molecule has 136 valence electrons. The molecule has 2 rings (SSSR count). The van der Waals surface area contributed by atoms with Gasteiger partial charge in [0.2, 0.25) is 5.91 Å². The third kappa shape index (κ3) is 3.66. The Kier molecular flexibility index (Phi) is 5.79. The van der Waals surface area contributed by atoms with E-state index < -0.39 is 36.0 Å². The summed E-state index contributed by atoms with van der Waals surface area (Å²) < 4.78 is 0. The van der Waals surface area contributed by atoms with E-state index in [1.807, 2.05) is 37.3 Å². The third-order valence-corrected chi connectivity index (χ3v) is 4.66. The van der Waals surface area contributed by atoms with Crippen molar-refractivity contribution in [2.24, 2.45) is 0 Å². The van der Waals surface area contributed by atoms with Crippen molar-refractivity contribution in [1.29, 1.82) is 0 Å². The molecule has 0 radical (unpaired) electrons. The SMILES string of the molecule is CC[C@H](O)[C@@H](NC(C)=O)C(=O)N1C(=O)N(C)[C@@H](C)[C@H]1c1ccccc1. The first-order valence-corrected chi connectivity index (χ1v) is 8.39. The van der Waals surface area contributed by atoms with Gasteiger partial charge in [-0.15, -0.1) is 0 Å². The van der Waals surface area contributed by atoms with Gasteiger partial charge in [-0.2, -0.15) is 0 Å². The van der Waals surface area contributed by atoms with Crippen molar-refractivity contribution < 1.29 is 19.5 Å². The van der Waals surface area contributed by atoms with Gasteiger partial charge in [-0.1, -0.05) is 37.3 Å². The van der Waals surface area contributed by atoms with Gasteiger partial charge in [0.1, 0.15) is 6.04 Å². The first kappa shape index (κ1) is 18.9. The second-order valence-corrected chi connectivity index (χ2v) is 6.35. The molecule has 2 N–H and O–H groups in total. The number of imide groups is 1. The minimum Gasteiger partial charge on any atom is -0.390 e. The van der Waals surface area contributed by atoms with Crippen LogP contribution in [0.1, 0.15) is 38.8 Å². The highest BCUT2D eigenvalue weighted by Gasteiger charge is 2.48. The zero-order valence-corrected chi connectivity index (χ0v) is 15.0. The minimum absolute atomic E-state index is 0.226. The average Bonchev–Trinajstić information content (AvgIpc) is 2.83. The van der Waals surface area contributed by atoms with Crippen LogP contribution in [0.5, 0.6) is 0 Å². The van der Waals surface area contributed by atoms with E-state index in [-0.39, 0.29) is 12.5 Å².